The van der Waals surface area contributed by atoms with Crippen molar-refractivity contribution in [3.63, 3.8) is 0 Å². The first-order valence-corrected chi connectivity index (χ1v) is 9.52. The number of carbonyl (C=O) groups is 1. The quantitative estimate of drug-likeness (QED) is 0.831. The second-order valence-electron chi connectivity index (χ2n) is 6.59. The molecule has 2 saturated carbocycles. The second kappa shape index (κ2) is 7.29. The Morgan fingerprint density at radius 1 is 1.24 bits per heavy atom. The summed E-state index contributed by atoms with van der Waals surface area (Å²) in [6, 6.07) is 0.258. The minimum atomic E-state index is -3.02. The van der Waals surface area contributed by atoms with Crippen molar-refractivity contribution in [3.8, 4) is 0 Å². The highest BCUT2D eigenvalue weighted by molar-refractivity contribution is 7.90. The molecule has 2 bridgehead atoms. The molecule has 0 saturated heterocycles. The summed E-state index contributed by atoms with van der Waals surface area (Å²) in [5, 5.41) is 0. The van der Waals surface area contributed by atoms with Crippen LogP contribution < -0.4 is 5.73 Å². The smallest absolute Gasteiger partial charge is 0.225 e. The lowest BCUT2D eigenvalue weighted by Gasteiger charge is -2.44. The molecule has 7 heteroatoms. The molecule has 0 aromatic carbocycles. The molecule has 1 amide bonds. The van der Waals surface area contributed by atoms with E-state index in [9.17, 15) is 13.2 Å². The van der Waals surface area contributed by atoms with Gasteiger partial charge < -0.3 is 10.6 Å². The fourth-order valence-electron chi connectivity index (χ4n) is 3.72. The summed E-state index contributed by atoms with van der Waals surface area (Å²) in [6.07, 6.45) is 6.45. The summed E-state index contributed by atoms with van der Waals surface area (Å²) in [4.78, 5) is 14.0. The van der Waals surface area contributed by atoms with E-state index in [-0.39, 0.29) is 42.6 Å². The zero-order valence-electron chi connectivity index (χ0n) is 12.8. The van der Waals surface area contributed by atoms with Crippen LogP contribution in [0.1, 0.15) is 32.1 Å². The summed E-state index contributed by atoms with van der Waals surface area (Å²) >= 11 is 0. The SMILES string of the molecule is CN(CCS(C)(=O)=O)C(=O)C1CC2CCCC(C1)C2N.Cl. The number of rotatable bonds is 4. The van der Waals surface area contributed by atoms with Crippen LogP contribution in [0, 0.1) is 17.8 Å². The number of nitrogens with zero attached hydrogens (tertiary/aromatic N) is 1. The Balaban J connectivity index is 0.00000220. The highest BCUT2D eigenvalue weighted by Crippen LogP contribution is 2.42. The molecular formula is C14H27ClN2O3S. The normalized spacial score (nSPS) is 32.1. The lowest BCUT2D eigenvalue weighted by atomic mass is 9.65. The first kappa shape index (κ1) is 18.7. The number of hydrogen-bond donors (Lipinski definition) is 1. The van der Waals surface area contributed by atoms with E-state index in [1.165, 1.54) is 12.7 Å². The summed E-state index contributed by atoms with van der Waals surface area (Å²) in [7, 11) is -1.31. The third-order valence-electron chi connectivity index (χ3n) is 4.94. The molecule has 0 aromatic rings. The molecule has 2 rings (SSSR count). The van der Waals surface area contributed by atoms with Crippen molar-refractivity contribution in [1.29, 1.82) is 0 Å². The first-order valence-electron chi connectivity index (χ1n) is 7.46. The number of sulfone groups is 1. The van der Waals surface area contributed by atoms with Gasteiger partial charge in [0.2, 0.25) is 5.91 Å². The summed E-state index contributed by atoms with van der Waals surface area (Å²) in [5.41, 5.74) is 6.23. The standard InChI is InChI=1S/C14H26N2O3S.ClH/c1-16(6-7-20(2,18)19)14(17)12-8-10-4-3-5-11(9-12)13(10)15;/h10-13H,3-9,15H2,1-2H3;1H. The van der Waals surface area contributed by atoms with Gasteiger partial charge in [-0.2, -0.15) is 0 Å². The van der Waals surface area contributed by atoms with Crippen LogP contribution in [0.15, 0.2) is 0 Å². The van der Waals surface area contributed by atoms with Gasteiger partial charge in [0.05, 0.1) is 5.75 Å². The molecule has 0 aromatic heterocycles. The maximum absolute atomic E-state index is 12.4. The Kier molecular flexibility index (Phi) is 6.50. The summed E-state index contributed by atoms with van der Waals surface area (Å²) in [6.45, 7) is 0.287. The van der Waals surface area contributed by atoms with Gasteiger partial charge in [-0.25, -0.2) is 8.42 Å². The third kappa shape index (κ3) is 4.83. The van der Waals surface area contributed by atoms with Gasteiger partial charge in [-0.05, 0) is 37.5 Å². The lowest BCUT2D eigenvalue weighted by molar-refractivity contribution is -0.137. The zero-order valence-corrected chi connectivity index (χ0v) is 14.5. The average Bonchev–Trinajstić information content (AvgIpc) is 2.34. The van der Waals surface area contributed by atoms with E-state index in [1.54, 1.807) is 11.9 Å². The van der Waals surface area contributed by atoms with Crippen LogP contribution >= 0.6 is 12.4 Å². The number of hydrogen-bond acceptors (Lipinski definition) is 4. The van der Waals surface area contributed by atoms with Gasteiger partial charge in [-0.1, -0.05) is 6.42 Å². The van der Waals surface area contributed by atoms with Crippen LogP contribution in [-0.2, 0) is 14.6 Å². The van der Waals surface area contributed by atoms with E-state index >= 15 is 0 Å². The fraction of sp³-hybridized carbons (Fsp3) is 0.929. The largest absolute Gasteiger partial charge is 0.345 e. The molecule has 2 aliphatic carbocycles. The van der Waals surface area contributed by atoms with Crippen molar-refractivity contribution in [2.45, 2.75) is 38.1 Å². The predicted octanol–water partition coefficient (Wildman–Crippen LogP) is 1.06. The van der Waals surface area contributed by atoms with Gasteiger partial charge >= 0.3 is 0 Å². The molecule has 2 fully saturated rings. The minimum Gasteiger partial charge on any atom is -0.345 e. The molecule has 0 aliphatic heterocycles. The third-order valence-corrected chi connectivity index (χ3v) is 5.86. The Bertz CT molecular complexity index is 455. The van der Waals surface area contributed by atoms with Gasteiger partial charge in [-0.3, -0.25) is 4.79 Å². The maximum Gasteiger partial charge on any atom is 0.225 e. The molecule has 0 heterocycles. The van der Waals surface area contributed by atoms with E-state index in [0.29, 0.717) is 11.8 Å². The predicted molar refractivity (Wildman–Crippen MR) is 86.1 cm³/mol. The molecule has 2 aliphatic rings. The van der Waals surface area contributed by atoms with E-state index < -0.39 is 9.84 Å². The molecular weight excluding hydrogens is 312 g/mol. The Labute approximate surface area is 134 Å². The van der Waals surface area contributed by atoms with E-state index in [0.717, 1.165) is 25.7 Å². The molecule has 2 atom stereocenters. The number of nitrogens with two attached hydrogens (primary N) is 1. The van der Waals surface area contributed by atoms with E-state index in [1.807, 2.05) is 0 Å². The minimum absolute atomic E-state index is 0. The van der Waals surface area contributed by atoms with Gasteiger partial charge in [0.25, 0.3) is 0 Å². The molecule has 124 valence electrons. The molecule has 2 unspecified atom stereocenters. The molecule has 0 radical (unpaired) electrons. The molecule has 2 N–H and O–H groups in total. The van der Waals surface area contributed by atoms with Crippen LogP contribution in [-0.4, -0.2) is 50.9 Å². The van der Waals surface area contributed by atoms with Crippen LogP contribution in [0.25, 0.3) is 0 Å². The topological polar surface area (TPSA) is 80.5 Å². The Morgan fingerprint density at radius 3 is 2.24 bits per heavy atom. The average molecular weight is 339 g/mol. The van der Waals surface area contributed by atoms with E-state index in [2.05, 4.69) is 0 Å². The van der Waals surface area contributed by atoms with Crippen LogP contribution in [0.4, 0.5) is 0 Å². The number of amides is 1. The number of fused-ring (bicyclic) bond motifs is 2. The highest BCUT2D eigenvalue weighted by Gasteiger charge is 2.41. The fourth-order valence-corrected chi connectivity index (χ4v) is 4.32. The Morgan fingerprint density at radius 2 is 1.76 bits per heavy atom. The summed E-state index contributed by atoms with van der Waals surface area (Å²) < 4.78 is 22.4. The highest BCUT2D eigenvalue weighted by atomic mass is 35.5. The van der Waals surface area contributed by atoms with Gasteiger partial charge in [0.15, 0.2) is 0 Å². The Hall–Kier alpha value is -0.330. The van der Waals surface area contributed by atoms with Gasteiger partial charge in [0, 0.05) is 31.8 Å². The van der Waals surface area contributed by atoms with Crippen molar-refractivity contribution < 1.29 is 13.2 Å². The lowest BCUT2D eigenvalue weighted by Crippen LogP contribution is -2.49. The van der Waals surface area contributed by atoms with Crippen LogP contribution in [0.5, 0.6) is 0 Å². The maximum atomic E-state index is 12.4. The monoisotopic (exact) mass is 338 g/mol. The van der Waals surface area contributed by atoms with Crippen LogP contribution in [0.3, 0.4) is 0 Å². The zero-order chi connectivity index (χ0) is 14.9. The molecule has 21 heavy (non-hydrogen) atoms. The van der Waals surface area contributed by atoms with Crippen LogP contribution in [0.2, 0.25) is 0 Å². The number of halogens is 1. The van der Waals surface area contributed by atoms with E-state index in [4.69, 9.17) is 5.73 Å². The number of carbonyl (C=O) groups excluding carboxylic acids is 1. The van der Waals surface area contributed by atoms with Crippen molar-refractivity contribution in [2.24, 2.45) is 23.5 Å². The first-order chi connectivity index (χ1) is 9.28. The van der Waals surface area contributed by atoms with Crippen molar-refractivity contribution >= 4 is 28.2 Å². The molecule has 0 spiro atoms. The van der Waals surface area contributed by atoms with Crippen molar-refractivity contribution in [1.82, 2.24) is 4.90 Å². The molecule has 5 nitrogen and oxygen atoms in total. The van der Waals surface area contributed by atoms with Gasteiger partial charge in [0.1, 0.15) is 9.84 Å². The van der Waals surface area contributed by atoms with Crippen molar-refractivity contribution in [3.05, 3.63) is 0 Å². The summed E-state index contributed by atoms with van der Waals surface area (Å²) in [5.74, 6) is 1.11. The van der Waals surface area contributed by atoms with Gasteiger partial charge in [-0.15, -0.1) is 12.4 Å². The second-order valence-corrected chi connectivity index (χ2v) is 8.85. The van der Waals surface area contributed by atoms with Crippen molar-refractivity contribution in [2.75, 3.05) is 25.6 Å².